The fourth-order valence-electron chi connectivity index (χ4n) is 2.31. The van der Waals surface area contributed by atoms with Crippen molar-refractivity contribution in [2.24, 2.45) is 0 Å². The van der Waals surface area contributed by atoms with E-state index in [1.54, 1.807) is 6.33 Å². The predicted octanol–water partition coefficient (Wildman–Crippen LogP) is 3.59. The van der Waals surface area contributed by atoms with Gasteiger partial charge >= 0.3 is 0 Å². The molecule has 0 saturated carbocycles. The van der Waals surface area contributed by atoms with Crippen LogP contribution in [-0.2, 0) is 0 Å². The summed E-state index contributed by atoms with van der Waals surface area (Å²) in [6.45, 7) is 10.9. The van der Waals surface area contributed by atoms with Gasteiger partial charge in [-0.15, -0.1) is 0 Å². The molecule has 5 heteroatoms. The minimum absolute atomic E-state index is 0.268. The zero-order valence-electron chi connectivity index (χ0n) is 11.4. The lowest BCUT2D eigenvalue weighted by Crippen LogP contribution is -2.44. The second-order valence-corrected chi connectivity index (χ2v) is 7.75. The molecule has 1 aliphatic rings. The number of rotatable bonds is 2. The van der Waals surface area contributed by atoms with Crippen LogP contribution in [0.25, 0.3) is 0 Å². The highest BCUT2D eigenvalue weighted by molar-refractivity contribution is 8.00. The van der Waals surface area contributed by atoms with E-state index < -0.39 is 0 Å². The van der Waals surface area contributed by atoms with Gasteiger partial charge in [-0.25, -0.2) is 9.97 Å². The van der Waals surface area contributed by atoms with E-state index in [-0.39, 0.29) is 4.75 Å². The van der Waals surface area contributed by atoms with Crippen molar-refractivity contribution in [2.75, 3.05) is 23.7 Å². The van der Waals surface area contributed by atoms with Crippen LogP contribution in [0, 0.1) is 0 Å². The highest BCUT2D eigenvalue weighted by atomic mass is 35.5. The zero-order chi connectivity index (χ0) is 13.3. The lowest BCUT2D eigenvalue weighted by molar-refractivity contribution is 0.636. The van der Waals surface area contributed by atoms with Gasteiger partial charge in [0.15, 0.2) is 0 Å². The van der Waals surface area contributed by atoms with E-state index in [0.29, 0.717) is 11.1 Å². The lowest BCUT2D eigenvalue weighted by Gasteiger charge is -2.39. The molecule has 1 aromatic rings. The summed E-state index contributed by atoms with van der Waals surface area (Å²) in [5, 5.41) is 0.589. The summed E-state index contributed by atoms with van der Waals surface area (Å²) >= 11 is 8.25. The molecule has 1 saturated heterocycles. The van der Waals surface area contributed by atoms with Crippen LogP contribution in [-0.4, -0.2) is 33.6 Å². The molecule has 1 aromatic heterocycles. The Balaban J connectivity index is 2.36. The number of hydrogen-bond acceptors (Lipinski definition) is 4. The summed E-state index contributed by atoms with van der Waals surface area (Å²) in [5.41, 5.74) is 1.07. The van der Waals surface area contributed by atoms with Crippen LogP contribution >= 0.6 is 23.4 Å². The lowest BCUT2D eigenvalue weighted by atomic mass is 10.0. The standard InChI is InChI=1S/C13H20ClN3S/c1-9(2)10-11(14)15-8-16-12(10)17-5-6-18-13(3,4)7-17/h8-9H,5-7H2,1-4H3. The summed E-state index contributed by atoms with van der Waals surface area (Å²) in [6.07, 6.45) is 1.57. The number of hydrogen-bond donors (Lipinski definition) is 0. The van der Waals surface area contributed by atoms with Gasteiger partial charge in [0.25, 0.3) is 0 Å². The van der Waals surface area contributed by atoms with E-state index in [9.17, 15) is 0 Å². The number of aromatic nitrogens is 2. The molecule has 18 heavy (non-hydrogen) atoms. The predicted molar refractivity (Wildman–Crippen MR) is 79.9 cm³/mol. The number of halogens is 1. The molecule has 0 radical (unpaired) electrons. The van der Waals surface area contributed by atoms with Crippen molar-refractivity contribution in [3.05, 3.63) is 17.0 Å². The van der Waals surface area contributed by atoms with Crippen molar-refractivity contribution in [3.8, 4) is 0 Å². The topological polar surface area (TPSA) is 29.0 Å². The Labute approximate surface area is 118 Å². The first kappa shape index (κ1) is 13.9. The Morgan fingerprint density at radius 1 is 1.39 bits per heavy atom. The molecule has 1 aliphatic heterocycles. The summed E-state index contributed by atoms with van der Waals surface area (Å²) in [5.74, 6) is 2.48. The van der Waals surface area contributed by atoms with Gasteiger partial charge in [-0.05, 0) is 19.8 Å². The average Bonchev–Trinajstić information content (AvgIpc) is 2.26. The molecular weight excluding hydrogens is 266 g/mol. The van der Waals surface area contributed by atoms with Crippen LogP contribution < -0.4 is 4.90 Å². The van der Waals surface area contributed by atoms with Crippen molar-refractivity contribution in [1.82, 2.24) is 9.97 Å². The van der Waals surface area contributed by atoms with E-state index in [2.05, 4.69) is 42.6 Å². The maximum atomic E-state index is 6.23. The Hall–Kier alpha value is -0.480. The van der Waals surface area contributed by atoms with Gasteiger partial charge < -0.3 is 4.90 Å². The fraction of sp³-hybridized carbons (Fsp3) is 0.692. The van der Waals surface area contributed by atoms with Crippen molar-refractivity contribution in [2.45, 2.75) is 38.4 Å². The van der Waals surface area contributed by atoms with Crippen molar-refractivity contribution in [1.29, 1.82) is 0 Å². The summed E-state index contributed by atoms with van der Waals surface area (Å²) in [4.78, 5) is 10.9. The SMILES string of the molecule is CC(C)c1c(Cl)ncnc1N1CCSC(C)(C)C1. The average molecular weight is 286 g/mol. The van der Waals surface area contributed by atoms with E-state index in [0.717, 1.165) is 30.2 Å². The molecule has 0 aromatic carbocycles. The summed E-state index contributed by atoms with van der Waals surface area (Å²) in [6, 6.07) is 0. The molecule has 2 heterocycles. The highest BCUT2D eigenvalue weighted by Gasteiger charge is 2.29. The maximum absolute atomic E-state index is 6.23. The number of nitrogens with zero attached hydrogens (tertiary/aromatic N) is 3. The Morgan fingerprint density at radius 3 is 2.72 bits per heavy atom. The first-order valence-electron chi connectivity index (χ1n) is 6.30. The van der Waals surface area contributed by atoms with Crippen LogP contribution in [0.2, 0.25) is 5.15 Å². The molecule has 0 aliphatic carbocycles. The van der Waals surface area contributed by atoms with E-state index in [1.807, 2.05) is 11.8 Å². The van der Waals surface area contributed by atoms with Gasteiger partial charge in [0.1, 0.15) is 17.3 Å². The molecule has 1 fully saturated rings. The van der Waals surface area contributed by atoms with Crippen LogP contribution in [0.4, 0.5) is 5.82 Å². The Morgan fingerprint density at radius 2 is 2.11 bits per heavy atom. The number of anilines is 1. The van der Waals surface area contributed by atoms with Crippen molar-refractivity contribution < 1.29 is 0 Å². The monoisotopic (exact) mass is 285 g/mol. The van der Waals surface area contributed by atoms with Crippen LogP contribution in [0.5, 0.6) is 0 Å². The molecule has 0 amide bonds. The molecule has 3 nitrogen and oxygen atoms in total. The van der Waals surface area contributed by atoms with Gasteiger partial charge in [-0.2, -0.15) is 11.8 Å². The third kappa shape index (κ3) is 2.91. The van der Waals surface area contributed by atoms with Crippen LogP contribution in [0.1, 0.15) is 39.2 Å². The summed E-state index contributed by atoms with van der Waals surface area (Å²) < 4.78 is 0.268. The van der Waals surface area contributed by atoms with Gasteiger partial charge in [0.2, 0.25) is 0 Å². The fourth-order valence-corrected chi connectivity index (χ4v) is 3.77. The Kier molecular flexibility index (Phi) is 4.07. The van der Waals surface area contributed by atoms with E-state index >= 15 is 0 Å². The van der Waals surface area contributed by atoms with Crippen molar-refractivity contribution >= 4 is 29.2 Å². The minimum Gasteiger partial charge on any atom is -0.354 e. The Bertz CT molecular complexity index is 434. The van der Waals surface area contributed by atoms with E-state index in [4.69, 9.17) is 11.6 Å². The zero-order valence-corrected chi connectivity index (χ0v) is 13.0. The van der Waals surface area contributed by atoms with Gasteiger partial charge in [-0.3, -0.25) is 0 Å². The second kappa shape index (κ2) is 5.25. The normalized spacial score (nSPS) is 19.3. The first-order valence-corrected chi connectivity index (χ1v) is 7.66. The van der Waals surface area contributed by atoms with Gasteiger partial charge in [0.05, 0.1) is 0 Å². The molecule has 0 atom stereocenters. The molecule has 0 N–H and O–H groups in total. The molecule has 0 unspecified atom stereocenters. The third-order valence-corrected chi connectivity index (χ3v) is 4.72. The van der Waals surface area contributed by atoms with Crippen LogP contribution in [0.3, 0.4) is 0 Å². The highest BCUT2D eigenvalue weighted by Crippen LogP contribution is 2.36. The molecular formula is C13H20ClN3S. The van der Waals surface area contributed by atoms with E-state index in [1.165, 1.54) is 0 Å². The molecule has 100 valence electrons. The van der Waals surface area contributed by atoms with Gasteiger partial charge in [-0.1, -0.05) is 25.4 Å². The van der Waals surface area contributed by atoms with Gasteiger partial charge in [0, 0.05) is 29.2 Å². The molecule has 0 bridgehead atoms. The molecule has 2 rings (SSSR count). The minimum atomic E-state index is 0.268. The largest absolute Gasteiger partial charge is 0.354 e. The quantitative estimate of drug-likeness (QED) is 0.777. The second-order valence-electron chi connectivity index (χ2n) is 5.59. The number of thioether (sulfide) groups is 1. The smallest absolute Gasteiger partial charge is 0.138 e. The van der Waals surface area contributed by atoms with Crippen LogP contribution in [0.15, 0.2) is 6.33 Å². The third-order valence-electron chi connectivity index (χ3n) is 3.12. The van der Waals surface area contributed by atoms with Crippen molar-refractivity contribution in [3.63, 3.8) is 0 Å². The maximum Gasteiger partial charge on any atom is 0.138 e. The summed E-state index contributed by atoms with van der Waals surface area (Å²) in [7, 11) is 0. The molecule has 0 spiro atoms. The first-order chi connectivity index (χ1) is 8.41.